The van der Waals surface area contributed by atoms with Crippen LogP contribution in [0.3, 0.4) is 0 Å². The Hall–Kier alpha value is -1.45. The van der Waals surface area contributed by atoms with Gasteiger partial charge in [0.25, 0.3) is 0 Å². The molecule has 0 atom stereocenters. The molecule has 1 fully saturated rings. The van der Waals surface area contributed by atoms with Crippen LogP contribution in [0.1, 0.15) is 32.6 Å². The van der Waals surface area contributed by atoms with Crippen molar-refractivity contribution in [3.05, 3.63) is 18.3 Å². The van der Waals surface area contributed by atoms with Crippen molar-refractivity contribution in [2.24, 2.45) is 5.92 Å². The summed E-state index contributed by atoms with van der Waals surface area (Å²) in [5.41, 5.74) is 0. The van der Waals surface area contributed by atoms with Gasteiger partial charge in [-0.1, -0.05) is 0 Å². The van der Waals surface area contributed by atoms with E-state index in [1.54, 1.807) is 0 Å². The zero-order chi connectivity index (χ0) is 12.1. The van der Waals surface area contributed by atoms with Crippen molar-refractivity contribution in [1.29, 1.82) is 0 Å². The van der Waals surface area contributed by atoms with Gasteiger partial charge in [0.15, 0.2) is 0 Å². The molecule has 1 saturated carbocycles. The average Bonchev–Trinajstić information content (AvgIpc) is 2.83. The van der Waals surface area contributed by atoms with E-state index in [-0.39, 0.29) is 11.9 Å². The van der Waals surface area contributed by atoms with E-state index in [9.17, 15) is 4.79 Å². The summed E-state index contributed by atoms with van der Waals surface area (Å²) in [6.07, 6.45) is 5.83. The number of carbonyl (C=O) groups excluding carboxylic acids is 1. The molecule has 1 aliphatic rings. The van der Waals surface area contributed by atoms with Crippen molar-refractivity contribution in [1.82, 2.24) is 4.98 Å². The van der Waals surface area contributed by atoms with Gasteiger partial charge in [-0.2, -0.15) is 0 Å². The number of hydrogen-bond acceptors (Lipinski definition) is 3. The number of rotatable bonds is 4. The minimum Gasteiger partial charge on any atom is -0.466 e. The molecule has 4 heteroatoms. The first-order valence-corrected chi connectivity index (χ1v) is 6.36. The predicted octanol–water partition coefficient (Wildman–Crippen LogP) is 2.55. The Morgan fingerprint density at radius 1 is 1.47 bits per heavy atom. The second kappa shape index (κ2) is 5.75. The zero-order valence-electron chi connectivity index (χ0n) is 10.2. The van der Waals surface area contributed by atoms with Crippen molar-refractivity contribution < 1.29 is 9.53 Å². The fourth-order valence-electron chi connectivity index (χ4n) is 2.37. The first-order chi connectivity index (χ1) is 8.29. The van der Waals surface area contributed by atoms with E-state index in [1.807, 2.05) is 25.3 Å². The van der Waals surface area contributed by atoms with Crippen molar-refractivity contribution in [2.75, 3.05) is 11.9 Å². The van der Waals surface area contributed by atoms with Gasteiger partial charge in [-0.3, -0.25) is 4.79 Å². The smallest absolute Gasteiger partial charge is 0.308 e. The minimum absolute atomic E-state index is 0.0224. The van der Waals surface area contributed by atoms with E-state index in [0.29, 0.717) is 12.6 Å². The maximum absolute atomic E-state index is 11.6. The summed E-state index contributed by atoms with van der Waals surface area (Å²) in [7, 11) is 0. The predicted molar refractivity (Wildman–Crippen MR) is 66.8 cm³/mol. The van der Waals surface area contributed by atoms with E-state index < -0.39 is 0 Å². The largest absolute Gasteiger partial charge is 0.466 e. The van der Waals surface area contributed by atoms with Crippen molar-refractivity contribution in [3.63, 3.8) is 0 Å². The molecule has 0 amide bonds. The second-order valence-electron chi connectivity index (χ2n) is 4.53. The molecular formula is C13H20N2O2. The first-order valence-electron chi connectivity index (χ1n) is 6.36. The van der Waals surface area contributed by atoms with Crippen LogP contribution in [0.2, 0.25) is 0 Å². The molecule has 0 spiro atoms. The fraction of sp³-hybridized carbons (Fsp3) is 0.615. The van der Waals surface area contributed by atoms with Gasteiger partial charge in [0, 0.05) is 12.2 Å². The maximum Gasteiger partial charge on any atom is 0.308 e. The molecule has 4 nitrogen and oxygen atoms in total. The standard InChI is InChI=1S/C13H20N2O2/c1-2-17-13(16)10-5-7-11(8-6-10)15-12-4-3-9-14-12/h3-4,9-11,14-15H,2,5-8H2,1H3. The minimum atomic E-state index is -0.0224. The number of hydrogen-bond donors (Lipinski definition) is 2. The third-order valence-corrected chi connectivity index (χ3v) is 3.30. The molecular weight excluding hydrogens is 216 g/mol. The number of H-pyrrole nitrogens is 1. The quantitative estimate of drug-likeness (QED) is 0.790. The Morgan fingerprint density at radius 2 is 2.24 bits per heavy atom. The highest BCUT2D eigenvalue weighted by atomic mass is 16.5. The number of nitrogens with one attached hydrogen (secondary N) is 2. The summed E-state index contributed by atoms with van der Waals surface area (Å²) in [6, 6.07) is 4.48. The van der Waals surface area contributed by atoms with Gasteiger partial charge in [0.2, 0.25) is 0 Å². The van der Waals surface area contributed by atoms with Crippen molar-refractivity contribution in [2.45, 2.75) is 38.6 Å². The van der Waals surface area contributed by atoms with Gasteiger partial charge in [0.05, 0.1) is 12.5 Å². The molecule has 0 radical (unpaired) electrons. The highest BCUT2D eigenvalue weighted by molar-refractivity contribution is 5.72. The van der Waals surface area contributed by atoms with E-state index in [2.05, 4.69) is 10.3 Å². The second-order valence-corrected chi connectivity index (χ2v) is 4.53. The number of aromatic nitrogens is 1. The first kappa shape index (κ1) is 12.0. The van der Waals surface area contributed by atoms with Crippen LogP contribution in [-0.2, 0) is 9.53 Å². The Labute approximate surface area is 102 Å². The molecule has 1 aliphatic carbocycles. The lowest BCUT2D eigenvalue weighted by Crippen LogP contribution is -2.30. The van der Waals surface area contributed by atoms with Gasteiger partial charge in [-0.15, -0.1) is 0 Å². The average molecular weight is 236 g/mol. The summed E-state index contributed by atoms with van der Waals surface area (Å²) < 4.78 is 5.06. The van der Waals surface area contributed by atoms with Crippen molar-refractivity contribution in [3.8, 4) is 0 Å². The topological polar surface area (TPSA) is 54.1 Å². The lowest BCUT2D eigenvalue weighted by molar-refractivity contribution is -0.149. The highest BCUT2D eigenvalue weighted by Gasteiger charge is 2.27. The third kappa shape index (κ3) is 3.25. The van der Waals surface area contributed by atoms with E-state index >= 15 is 0 Å². The van der Waals surface area contributed by atoms with Gasteiger partial charge in [-0.05, 0) is 44.7 Å². The SMILES string of the molecule is CCOC(=O)C1CCC(Nc2ccc[nH]2)CC1. The fourth-order valence-corrected chi connectivity index (χ4v) is 2.37. The number of carbonyl (C=O) groups is 1. The summed E-state index contributed by atoms with van der Waals surface area (Å²) in [6.45, 7) is 2.34. The maximum atomic E-state index is 11.6. The molecule has 0 saturated heterocycles. The van der Waals surface area contributed by atoms with Gasteiger partial charge in [-0.25, -0.2) is 0 Å². The summed E-state index contributed by atoms with van der Waals surface area (Å²) in [5, 5.41) is 3.44. The van der Waals surface area contributed by atoms with Gasteiger partial charge in [0.1, 0.15) is 5.82 Å². The molecule has 94 valence electrons. The molecule has 0 unspecified atom stereocenters. The van der Waals surface area contributed by atoms with E-state index in [0.717, 1.165) is 31.5 Å². The van der Waals surface area contributed by atoms with E-state index in [4.69, 9.17) is 4.74 Å². The van der Waals surface area contributed by atoms with E-state index in [1.165, 1.54) is 0 Å². The molecule has 0 aromatic carbocycles. The van der Waals surface area contributed by atoms with Gasteiger partial charge >= 0.3 is 5.97 Å². The van der Waals surface area contributed by atoms with Crippen LogP contribution in [-0.4, -0.2) is 23.6 Å². The number of anilines is 1. The van der Waals surface area contributed by atoms with Crippen LogP contribution in [0.5, 0.6) is 0 Å². The highest BCUT2D eigenvalue weighted by Crippen LogP contribution is 2.27. The van der Waals surface area contributed by atoms with Crippen LogP contribution in [0.15, 0.2) is 18.3 Å². The lowest BCUT2D eigenvalue weighted by atomic mass is 9.86. The number of esters is 1. The Balaban J connectivity index is 1.76. The Bertz CT molecular complexity index is 340. The van der Waals surface area contributed by atoms with Crippen molar-refractivity contribution >= 4 is 11.8 Å². The molecule has 0 aliphatic heterocycles. The summed E-state index contributed by atoms with van der Waals surface area (Å²) in [4.78, 5) is 14.7. The molecule has 1 aromatic rings. The van der Waals surface area contributed by atoms with Crippen LogP contribution in [0.25, 0.3) is 0 Å². The monoisotopic (exact) mass is 236 g/mol. The summed E-state index contributed by atoms with van der Waals surface area (Å²) >= 11 is 0. The van der Waals surface area contributed by atoms with Gasteiger partial charge < -0.3 is 15.0 Å². The summed E-state index contributed by atoms with van der Waals surface area (Å²) in [5.74, 6) is 1.15. The molecule has 17 heavy (non-hydrogen) atoms. The van der Waals surface area contributed by atoms with Crippen LogP contribution in [0, 0.1) is 5.92 Å². The Kier molecular flexibility index (Phi) is 4.07. The number of ether oxygens (including phenoxy) is 1. The Morgan fingerprint density at radius 3 is 2.82 bits per heavy atom. The third-order valence-electron chi connectivity index (χ3n) is 3.30. The molecule has 1 aromatic heterocycles. The van der Waals surface area contributed by atoms with Crippen LogP contribution < -0.4 is 5.32 Å². The lowest BCUT2D eigenvalue weighted by Gasteiger charge is -2.28. The molecule has 0 bridgehead atoms. The van der Waals surface area contributed by atoms with Crippen LogP contribution >= 0.6 is 0 Å². The zero-order valence-corrected chi connectivity index (χ0v) is 10.2. The normalized spacial score (nSPS) is 24.3. The molecule has 2 rings (SSSR count). The molecule has 1 heterocycles. The van der Waals surface area contributed by atoms with Crippen LogP contribution in [0.4, 0.5) is 5.82 Å². The number of aromatic amines is 1. The molecule has 2 N–H and O–H groups in total.